The van der Waals surface area contributed by atoms with Crippen LogP contribution in [-0.2, 0) is 16.4 Å². The molecule has 2 N–H and O–H groups in total. The first-order valence-corrected chi connectivity index (χ1v) is 13.2. The third kappa shape index (κ3) is 7.83. The summed E-state index contributed by atoms with van der Waals surface area (Å²) in [5.74, 6) is 0.601. The van der Waals surface area contributed by atoms with Crippen LogP contribution in [0.3, 0.4) is 0 Å². The molecule has 0 aliphatic carbocycles. The summed E-state index contributed by atoms with van der Waals surface area (Å²) in [7, 11) is -3.53. The van der Waals surface area contributed by atoms with Crippen molar-refractivity contribution >= 4 is 32.5 Å². The molecule has 0 aliphatic rings. The molecular weight excluding hydrogens is 464 g/mol. The Balaban J connectivity index is 1.68. The van der Waals surface area contributed by atoms with Crippen molar-refractivity contribution in [3.8, 4) is 5.75 Å². The van der Waals surface area contributed by atoms with Gasteiger partial charge in [0.2, 0.25) is 10.0 Å². The van der Waals surface area contributed by atoms with Gasteiger partial charge in [-0.3, -0.25) is 9.52 Å². The Morgan fingerprint density at radius 1 is 1.17 bits per heavy atom. The van der Waals surface area contributed by atoms with E-state index in [0.29, 0.717) is 45.7 Å². The Morgan fingerprint density at radius 3 is 2.69 bits per heavy atom. The average molecular weight is 510 g/mol. The van der Waals surface area contributed by atoms with Gasteiger partial charge >= 0.3 is 0 Å². The van der Waals surface area contributed by atoms with Gasteiger partial charge in [0.25, 0.3) is 0 Å². The molecule has 1 heterocycles. The highest BCUT2D eigenvalue weighted by Gasteiger charge is 2.22. The summed E-state index contributed by atoms with van der Waals surface area (Å²) in [6.45, 7) is -4.41. The number of aryl methyl sites for hydroxylation is 1. The highest BCUT2D eigenvalue weighted by molar-refractivity contribution is 7.92. The molecule has 7 nitrogen and oxygen atoms in total. The first-order valence-electron chi connectivity index (χ1n) is 15.8. The van der Waals surface area contributed by atoms with Crippen LogP contribution in [0, 0.1) is 0 Å². The molecule has 3 rings (SSSR count). The van der Waals surface area contributed by atoms with E-state index in [1.165, 1.54) is 0 Å². The molecule has 0 unspecified atom stereocenters. The molecule has 1 aromatic heterocycles. The van der Waals surface area contributed by atoms with E-state index >= 15 is 0 Å². The number of ether oxygens (including phenoxy) is 1. The minimum Gasteiger partial charge on any atom is -0.494 e. The van der Waals surface area contributed by atoms with Gasteiger partial charge in [-0.05, 0) is 74.7 Å². The van der Waals surface area contributed by atoms with Crippen molar-refractivity contribution in [2.24, 2.45) is 0 Å². The van der Waals surface area contributed by atoms with Gasteiger partial charge in [-0.1, -0.05) is 26.6 Å². The first kappa shape index (κ1) is 16.8. The SMILES string of the molecule is [2H]C([2H])([2H])C([2H])([2H])C([2H])([2H])C([2H])([2H])NCCCOc1ccc(C(=O)c2c(CCCC)oc3ccc(NS(C)(=O)=O)cc23)cc1. The molecule has 2 aromatic carbocycles. The lowest BCUT2D eigenvalue weighted by Gasteiger charge is -2.08. The Morgan fingerprint density at radius 2 is 1.97 bits per heavy atom. The number of hydrogen-bond donors (Lipinski definition) is 2. The van der Waals surface area contributed by atoms with Crippen LogP contribution in [0.1, 0.15) is 79.8 Å². The third-order valence-electron chi connectivity index (χ3n) is 5.09. The normalized spacial score (nSPS) is 17.0. The number of fused-ring (bicyclic) bond motifs is 1. The second kappa shape index (κ2) is 12.7. The van der Waals surface area contributed by atoms with Crippen LogP contribution >= 0.6 is 0 Å². The molecule has 0 radical (unpaired) electrons. The minimum absolute atomic E-state index is 0.0647. The molecular formula is C27H36N2O5S. The maximum atomic E-state index is 13.6. The number of furan rings is 1. The van der Waals surface area contributed by atoms with Crippen molar-refractivity contribution in [3.05, 3.63) is 59.4 Å². The molecule has 8 heteroatoms. The predicted octanol–water partition coefficient (Wildman–Crippen LogP) is 5.54. The smallest absolute Gasteiger partial charge is 0.229 e. The number of rotatable bonds is 15. The Bertz CT molecular complexity index is 1570. The molecule has 190 valence electrons. The number of anilines is 1. The number of unbranched alkanes of at least 4 members (excludes halogenated alkanes) is 1. The predicted molar refractivity (Wildman–Crippen MR) is 141 cm³/mol. The highest BCUT2D eigenvalue weighted by atomic mass is 32.2. The number of carbonyl (C=O) groups excluding carboxylic acids is 1. The quantitative estimate of drug-likeness (QED) is 0.206. The van der Waals surface area contributed by atoms with E-state index in [0.717, 1.165) is 19.1 Å². The van der Waals surface area contributed by atoms with Crippen molar-refractivity contribution in [3.63, 3.8) is 0 Å². The molecule has 0 aliphatic heterocycles. The van der Waals surface area contributed by atoms with Gasteiger partial charge in [0, 0.05) is 35.4 Å². The van der Waals surface area contributed by atoms with Gasteiger partial charge < -0.3 is 14.5 Å². The number of carbonyl (C=O) groups is 1. The van der Waals surface area contributed by atoms with E-state index in [1.54, 1.807) is 42.5 Å². The van der Waals surface area contributed by atoms with E-state index in [-0.39, 0.29) is 25.4 Å². The van der Waals surface area contributed by atoms with Gasteiger partial charge in [-0.25, -0.2) is 8.42 Å². The highest BCUT2D eigenvalue weighted by Crippen LogP contribution is 2.32. The van der Waals surface area contributed by atoms with Crippen LogP contribution in [0.25, 0.3) is 11.0 Å². The van der Waals surface area contributed by atoms with Crippen molar-refractivity contribution in [2.75, 3.05) is 30.6 Å². The van der Waals surface area contributed by atoms with E-state index in [2.05, 4.69) is 10.0 Å². The molecule has 0 spiro atoms. The summed E-state index contributed by atoms with van der Waals surface area (Å²) in [4.78, 5) is 13.6. The summed E-state index contributed by atoms with van der Waals surface area (Å²) in [6.07, 6.45) is -3.40. The number of benzene rings is 2. The van der Waals surface area contributed by atoms with E-state index < -0.39 is 36.1 Å². The van der Waals surface area contributed by atoms with Crippen LogP contribution in [0.5, 0.6) is 5.75 Å². The molecule has 0 saturated carbocycles. The molecule has 0 atom stereocenters. The van der Waals surface area contributed by atoms with Gasteiger partial charge in [-0.2, -0.15) is 0 Å². The van der Waals surface area contributed by atoms with Crippen molar-refractivity contribution < 1.29 is 34.7 Å². The van der Waals surface area contributed by atoms with Crippen LogP contribution in [-0.4, -0.2) is 40.1 Å². The second-order valence-electron chi connectivity index (χ2n) is 7.95. The summed E-state index contributed by atoms with van der Waals surface area (Å²) in [5.41, 5.74) is 1.46. The Kier molecular flexibility index (Phi) is 6.10. The molecule has 0 amide bonds. The first-order chi connectivity index (χ1) is 20.2. The van der Waals surface area contributed by atoms with Crippen LogP contribution < -0.4 is 14.8 Å². The van der Waals surface area contributed by atoms with Crippen molar-refractivity contribution in [1.82, 2.24) is 5.32 Å². The van der Waals surface area contributed by atoms with Gasteiger partial charge in [0.05, 0.1) is 18.4 Å². The monoisotopic (exact) mass is 509 g/mol. The second-order valence-corrected chi connectivity index (χ2v) is 9.69. The van der Waals surface area contributed by atoms with E-state index in [4.69, 9.17) is 21.5 Å². The Hall–Kier alpha value is -2.84. The largest absolute Gasteiger partial charge is 0.494 e. The summed E-state index contributed by atoms with van der Waals surface area (Å²) in [5, 5.41) is 2.74. The fraction of sp³-hybridized carbons (Fsp3) is 0.444. The number of sulfonamides is 1. The fourth-order valence-electron chi connectivity index (χ4n) is 3.52. The molecule has 0 bridgehead atoms. The van der Waals surface area contributed by atoms with Crippen LogP contribution in [0.15, 0.2) is 46.9 Å². The number of hydrogen-bond acceptors (Lipinski definition) is 6. The number of nitrogens with one attached hydrogen (secondary N) is 2. The van der Waals surface area contributed by atoms with E-state index in [9.17, 15) is 13.2 Å². The summed E-state index contributed by atoms with van der Waals surface area (Å²) in [6, 6.07) is 11.0. The third-order valence-corrected chi connectivity index (χ3v) is 5.70. The fourth-order valence-corrected chi connectivity index (χ4v) is 4.08. The molecule has 0 saturated heterocycles. The summed E-state index contributed by atoms with van der Waals surface area (Å²) >= 11 is 0. The Labute approximate surface area is 220 Å². The zero-order valence-corrected chi connectivity index (χ0v) is 20.6. The maximum Gasteiger partial charge on any atom is 0.229 e. The lowest BCUT2D eigenvalue weighted by atomic mass is 9.98. The lowest BCUT2D eigenvalue weighted by Crippen LogP contribution is -2.18. The standard InChI is InChI=1S/C27H36N2O5S/c1-4-6-9-25-26(23-19-21(29-35(3,31)32)12-15-24(23)34-25)27(30)20-10-13-22(14-11-20)33-18-8-17-28-16-7-5-2/h10-15,19,28-29H,4-9,16-18H2,1-3H3/i2D3,5D2,7D2,16D2. The zero-order valence-electron chi connectivity index (χ0n) is 28.7. The lowest BCUT2D eigenvalue weighted by molar-refractivity contribution is 0.103. The molecule has 3 aromatic rings. The number of ketones is 1. The van der Waals surface area contributed by atoms with Gasteiger partial charge in [-0.15, -0.1) is 0 Å². The topological polar surface area (TPSA) is 97.6 Å². The maximum absolute atomic E-state index is 13.6. The van der Waals surface area contributed by atoms with Gasteiger partial charge in [0.1, 0.15) is 17.1 Å². The zero-order chi connectivity index (χ0) is 33.1. The minimum atomic E-state index is -3.53. The average Bonchev–Trinajstić information content (AvgIpc) is 3.27. The summed E-state index contributed by atoms with van der Waals surface area (Å²) < 4.78 is 106. The van der Waals surface area contributed by atoms with Crippen molar-refractivity contribution in [1.29, 1.82) is 0 Å². The molecule has 35 heavy (non-hydrogen) atoms. The van der Waals surface area contributed by atoms with E-state index in [1.807, 2.05) is 6.92 Å². The van der Waals surface area contributed by atoms with Crippen LogP contribution in [0.2, 0.25) is 0 Å². The van der Waals surface area contributed by atoms with Crippen molar-refractivity contribution in [2.45, 2.75) is 52.2 Å². The van der Waals surface area contributed by atoms with Gasteiger partial charge in [0.15, 0.2) is 5.78 Å². The molecule has 0 fully saturated rings. The van der Waals surface area contributed by atoms with Crippen LogP contribution in [0.4, 0.5) is 5.69 Å².